The van der Waals surface area contributed by atoms with E-state index in [1.165, 1.54) is 109 Å². The van der Waals surface area contributed by atoms with Crippen LogP contribution in [0.5, 0.6) is 0 Å². The van der Waals surface area contributed by atoms with Crippen LogP contribution in [-0.2, 0) is 65.4 Å². The third-order valence-electron chi connectivity index (χ3n) is 16.3. The Kier molecular flexibility index (Phi) is 69.9. The van der Waals surface area contributed by atoms with E-state index in [4.69, 9.17) is 37.0 Å². The van der Waals surface area contributed by atoms with Crippen molar-refractivity contribution in [3.63, 3.8) is 0 Å². The van der Waals surface area contributed by atoms with Crippen molar-refractivity contribution in [2.45, 2.75) is 341 Å². The SMILES string of the molecule is CC/C=C\C/C=C\C/C=C\C/C=C\C/C=C\CC(=O)OC(COC(=O)CCCCCCCC/C=C\C/C=C\C/C=C\C/C=C\CC)COP(=O)(O)OCC(O)COP(=O)(O)OCC(COC(=O)CCCCCCCCCCCCCCC)OC(=O)CCCCCCCCCCCCCCC. The Hall–Kier alpha value is -4.28. The predicted molar refractivity (Wildman–Crippen MR) is 408 cm³/mol. The number of phosphoric acid groups is 2. The molecule has 0 aromatic heterocycles. The third kappa shape index (κ3) is 72.1. The molecule has 0 aromatic carbocycles. The highest BCUT2D eigenvalue weighted by molar-refractivity contribution is 7.47. The van der Waals surface area contributed by atoms with Crippen molar-refractivity contribution in [3.8, 4) is 0 Å². The molecule has 0 aromatic rings. The van der Waals surface area contributed by atoms with Gasteiger partial charge in [0.2, 0.25) is 0 Å². The van der Waals surface area contributed by atoms with Crippen molar-refractivity contribution < 1.29 is 80.2 Å². The summed E-state index contributed by atoms with van der Waals surface area (Å²) in [6.07, 6.45) is 78.2. The minimum atomic E-state index is -5.00. The number of aliphatic hydroxyl groups excluding tert-OH is 1. The fourth-order valence-electron chi connectivity index (χ4n) is 10.4. The zero-order valence-electron chi connectivity index (χ0n) is 62.8. The number of hydrogen-bond acceptors (Lipinski definition) is 15. The molecule has 0 aliphatic carbocycles. The van der Waals surface area contributed by atoms with Crippen molar-refractivity contribution >= 4 is 39.5 Å². The minimum absolute atomic E-state index is 0.0972. The number of phosphoric ester groups is 2. The van der Waals surface area contributed by atoms with Crippen LogP contribution in [0.3, 0.4) is 0 Å². The zero-order chi connectivity index (χ0) is 73.2. The molecule has 0 radical (unpaired) electrons. The van der Waals surface area contributed by atoms with Gasteiger partial charge in [-0.2, -0.15) is 0 Å². The standard InChI is InChI=1S/C81H140O17P2/c1-5-9-13-17-21-25-29-33-35-36-37-38-40-43-46-50-54-58-62-66-79(84)92-72-77(98-81(86)68-64-60-56-52-48-44-39-34-30-26-22-18-14-10-6-2)74-96-100(89,90)94-70-75(82)69-93-99(87,88)95-73-76(97-80(85)67-63-59-55-51-47-42-32-28-24-20-16-12-8-4)71-91-78(83)65-61-57-53-49-45-41-31-27-23-19-15-11-7-3/h9-10,13-14,21-22,25-26,33-35,37-39,48,52,60,64,75-77,82H,5-8,11-12,15-20,23-24,27-32,36,40-47,49-51,53-59,61-63,65-74H2,1-4H3,(H,87,88)(H,89,90)/b13-9-,14-10-,25-21-,26-22-,35-33-,38-37-,39-34-,52-48-,64-60-. The summed E-state index contributed by atoms with van der Waals surface area (Å²) < 4.78 is 68.4. The number of ether oxygens (including phenoxy) is 4. The van der Waals surface area contributed by atoms with Gasteiger partial charge in [-0.1, -0.05) is 317 Å². The lowest BCUT2D eigenvalue weighted by molar-refractivity contribution is -0.161. The van der Waals surface area contributed by atoms with E-state index in [1.54, 1.807) is 12.2 Å². The van der Waals surface area contributed by atoms with Crippen LogP contribution in [0.4, 0.5) is 0 Å². The van der Waals surface area contributed by atoms with Crippen LogP contribution in [0.2, 0.25) is 0 Å². The first-order valence-corrected chi connectivity index (χ1v) is 42.1. The van der Waals surface area contributed by atoms with E-state index in [0.29, 0.717) is 25.7 Å². The number of carbonyl (C=O) groups is 4. The van der Waals surface area contributed by atoms with Crippen LogP contribution in [0, 0.1) is 0 Å². The van der Waals surface area contributed by atoms with Crippen molar-refractivity contribution in [1.29, 1.82) is 0 Å². The molecule has 0 heterocycles. The van der Waals surface area contributed by atoms with Gasteiger partial charge in [0.25, 0.3) is 0 Å². The maximum Gasteiger partial charge on any atom is 0.472 e. The average Bonchev–Trinajstić information content (AvgIpc) is 0.946. The number of allylic oxidation sites excluding steroid dienone is 17. The fraction of sp³-hybridized carbons (Fsp3) is 0.728. The highest BCUT2D eigenvalue weighted by Gasteiger charge is 2.30. The van der Waals surface area contributed by atoms with Crippen molar-refractivity contribution in [2.24, 2.45) is 0 Å². The normalized spacial score (nSPS) is 14.5. The fourth-order valence-corrected chi connectivity index (χ4v) is 12.0. The van der Waals surface area contributed by atoms with Gasteiger partial charge in [0.15, 0.2) is 12.2 Å². The molecule has 0 spiro atoms. The lowest BCUT2D eigenvalue weighted by Gasteiger charge is -2.21. The summed E-state index contributed by atoms with van der Waals surface area (Å²) in [7, 11) is -9.98. The molecule has 0 fully saturated rings. The molecule has 0 aliphatic heterocycles. The molecule has 0 bridgehead atoms. The highest BCUT2D eigenvalue weighted by Crippen LogP contribution is 2.45. The van der Waals surface area contributed by atoms with Gasteiger partial charge in [-0.3, -0.25) is 37.3 Å². The van der Waals surface area contributed by atoms with Crippen molar-refractivity contribution in [1.82, 2.24) is 0 Å². The van der Waals surface area contributed by atoms with Crippen LogP contribution in [0.25, 0.3) is 0 Å². The Morgan fingerprint density at radius 1 is 0.300 bits per heavy atom. The number of aliphatic hydroxyl groups is 1. The van der Waals surface area contributed by atoms with E-state index in [-0.39, 0.29) is 25.7 Å². The summed E-state index contributed by atoms with van der Waals surface area (Å²) in [6, 6.07) is 0. The Morgan fingerprint density at radius 2 is 0.560 bits per heavy atom. The molecule has 0 aliphatic rings. The molecule has 0 saturated carbocycles. The van der Waals surface area contributed by atoms with Gasteiger partial charge < -0.3 is 33.8 Å². The Morgan fingerprint density at radius 3 is 0.890 bits per heavy atom. The quantitative estimate of drug-likeness (QED) is 0.0169. The summed E-state index contributed by atoms with van der Waals surface area (Å²) in [5.41, 5.74) is 0. The van der Waals surface area contributed by atoms with Crippen LogP contribution >= 0.6 is 15.6 Å². The topological polar surface area (TPSA) is 237 Å². The molecule has 5 unspecified atom stereocenters. The predicted octanol–water partition coefficient (Wildman–Crippen LogP) is 22.6. The molecule has 19 heteroatoms. The van der Waals surface area contributed by atoms with Crippen molar-refractivity contribution in [2.75, 3.05) is 39.6 Å². The second-order valence-electron chi connectivity index (χ2n) is 25.9. The summed E-state index contributed by atoms with van der Waals surface area (Å²) in [5, 5.41) is 10.6. The number of unbranched alkanes of at least 4 members (excludes halogenated alkanes) is 30. The van der Waals surface area contributed by atoms with Gasteiger partial charge in [-0.15, -0.1) is 0 Å². The molecule has 5 atom stereocenters. The molecule has 0 amide bonds. The maximum absolute atomic E-state index is 13.1. The summed E-state index contributed by atoms with van der Waals surface area (Å²) in [6.45, 7) is 4.55. The molecule has 0 rings (SSSR count). The van der Waals surface area contributed by atoms with Crippen LogP contribution in [0.1, 0.15) is 323 Å². The Balaban J connectivity index is 5.40. The van der Waals surface area contributed by atoms with Gasteiger partial charge in [-0.05, 0) is 89.9 Å². The van der Waals surface area contributed by atoms with E-state index in [2.05, 4.69) is 113 Å². The van der Waals surface area contributed by atoms with Gasteiger partial charge in [-0.25, -0.2) is 9.13 Å². The number of hydrogen-bond donors (Lipinski definition) is 3. The molecule has 576 valence electrons. The smallest absolute Gasteiger partial charge is 0.462 e. The lowest BCUT2D eigenvalue weighted by atomic mass is 10.0. The average molecular weight is 1450 g/mol. The molecular formula is C81H140O17P2. The molecule has 17 nitrogen and oxygen atoms in total. The summed E-state index contributed by atoms with van der Waals surface area (Å²) >= 11 is 0. The third-order valence-corrected chi connectivity index (χ3v) is 18.2. The van der Waals surface area contributed by atoms with Gasteiger partial charge in [0.05, 0.1) is 32.8 Å². The summed E-state index contributed by atoms with van der Waals surface area (Å²) in [5.74, 6) is -2.32. The summed E-state index contributed by atoms with van der Waals surface area (Å²) in [4.78, 5) is 72.8. The van der Waals surface area contributed by atoms with E-state index < -0.39 is 97.5 Å². The first-order valence-electron chi connectivity index (χ1n) is 39.1. The minimum Gasteiger partial charge on any atom is -0.462 e. The number of esters is 4. The van der Waals surface area contributed by atoms with E-state index in [0.717, 1.165) is 135 Å². The van der Waals surface area contributed by atoms with E-state index in [9.17, 15) is 43.2 Å². The first kappa shape index (κ1) is 95.7. The molecule has 100 heavy (non-hydrogen) atoms. The van der Waals surface area contributed by atoms with E-state index in [1.807, 2.05) is 12.2 Å². The van der Waals surface area contributed by atoms with Gasteiger partial charge >= 0.3 is 39.5 Å². The monoisotopic (exact) mass is 1450 g/mol. The second-order valence-corrected chi connectivity index (χ2v) is 28.8. The van der Waals surface area contributed by atoms with Gasteiger partial charge in [0, 0.05) is 19.3 Å². The molecular weight excluding hydrogens is 1310 g/mol. The Bertz CT molecular complexity index is 2320. The van der Waals surface area contributed by atoms with Crippen molar-refractivity contribution in [3.05, 3.63) is 109 Å². The van der Waals surface area contributed by atoms with E-state index >= 15 is 0 Å². The highest BCUT2D eigenvalue weighted by atomic mass is 31.2. The number of rotatable bonds is 73. The first-order chi connectivity index (χ1) is 48.7. The lowest BCUT2D eigenvalue weighted by Crippen LogP contribution is -2.30. The number of carbonyl (C=O) groups excluding carboxylic acids is 4. The Labute approximate surface area is 607 Å². The van der Waals surface area contributed by atoms with Gasteiger partial charge in [0.1, 0.15) is 19.3 Å². The second kappa shape index (κ2) is 73.0. The van der Waals surface area contributed by atoms with Crippen LogP contribution in [-0.4, -0.2) is 96.7 Å². The van der Waals surface area contributed by atoms with Crippen LogP contribution in [0.15, 0.2) is 109 Å². The molecule has 0 saturated heterocycles. The van der Waals surface area contributed by atoms with Crippen LogP contribution < -0.4 is 0 Å². The molecule has 3 N–H and O–H groups in total. The largest absolute Gasteiger partial charge is 0.472 e. The maximum atomic E-state index is 13.1. The zero-order valence-corrected chi connectivity index (χ0v) is 64.6.